The summed E-state index contributed by atoms with van der Waals surface area (Å²) in [7, 11) is 0. The van der Waals surface area contributed by atoms with Crippen molar-refractivity contribution in [2.75, 3.05) is 344 Å². The molecule has 0 unspecified atom stereocenters. The number of fused-ring (bicyclic) bond motifs is 4. The molecule has 106 heavy (non-hydrogen) atoms. The second-order valence-corrected chi connectivity index (χ2v) is 22.0. The van der Waals surface area contributed by atoms with E-state index in [1.807, 2.05) is 97.1 Å². The van der Waals surface area contributed by atoms with Gasteiger partial charge in [-0.05, 0) is 48.5 Å². The van der Waals surface area contributed by atoms with E-state index in [1.54, 1.807) is 0 Å². The molecule has 0 radical (unpaired) electrons. The van der Waals surface area contributed by atoms with Crippen molar-refractivity contribution in [1.82, 2.24) is 0 Å². The van der Waals surface area contributed by atoms with Gasteiger partial charge >= 0.3 is 0 Å². The van der Waals surface area contributed by atoms with Crippen LogP contribution in [0.5, 0.6) is 46.0 Å². The van der Waals surface area contributed by atoms with Gasteiger partial charge in [0, 0.05) is 0 Å². The minimum absolute atomic E-state index is 0.441. The Morgan fingerprint density at radius 1 is 0.0943 bits per heavy atom. The number of hydrogen-bond donors (Lipinski definition) is 0. The number of ether oxygens (including phenoxy) is 30. The molecule has 0 aromatic heterocycles. The Labute approximate surface area is 626 Å². The van der Waals surface area contributed by atoms with Crippen molar-refractivity contribution in [3.63, 3.8) is 0 Å². The molecule has 4 aromatic rings. The molecule has 30 heteroatoms. The minimum Gasteiger partial charge on any atom is -0.487 e. The lowest BCUT2D eigenvalue weighted by molar-refractivity contribution is -0.0334. The second kappa shape index (κ2) is 71.0. The normalized spacial score (nSPS) is 20.5. The van der Waals surface area contributed by atoms with Gasteiger partial charge in [-0.2, -0.15) is 0 Å². The molecule has 10 rings (SSSR count). The molecule has 3 saturated heterocycles. The van der Waals surface area contributed by atoms with Gasteiger partial charge in [0.25, 0.3) is 0 Å². The molecule has 0 atom stereocenters. The molecule has 3 fully saturated rings. The van der Waals surface area contributed by atoms with Crippen molar-refractivity contribution in [1.29, 1.82) is 0 Å². The highest BCUT2D eigenvalue weighted by atomic mass is 16.6. The Bertz CT molecular complexity index is 2180. The third kappa shape index (κ3) is 53.3. The van der Waals surface area contributed by atoms with Crippen LogP contribution in [-0.4, -0.2) is 344 Å². The van der Waals surface area contributed by atoms with Crippen molar-refractivity contribution in [3.05, 3.63) is 97.1 Å². The van der Waals surface area contributed by atoms with Gasteiger partial charge in [0.1, 0.15) is 52.9 Å². The van der Waals surface area contributed by atoms with Crippen LogP contribution in [0.4, 0.5) is 0 Å². The third-order valence-corrected chi connectivity index (χ3v) is 14.0. The topological polar surface area (TPSA) is 277 Å². The Hall–Kier alpha value is -5.60. The van der Waals surface area contributed by atoms with Crippen LogP contribution in [0.2, 0.25) is 0 Å². The molecule has 6 aliphatic rings. The second-order valence-electron chi connectivity index (χ2n) is 22.0. The average molecular weight is 1510 g/mol. The average Bonchev–Trinajstić information content (AvgIpc) is 0.932. The van der Waals surface area contributed by atoms with Crippen LogP contribution >= 0.6 is 0 Å². The molecule has 604 valence electrons. The highest BCUT2D eigenvalue weighted by molar-refractivity contribution is 5.41. The van der Waals surface area contributed by atoms with E-state index in [1.165, 1.54) is 0 Å². The number of hydrogen-bond acceptors (Lipinski definition) is 30. The van der Waals surface area contributed by atoms with E-state index in [2.05, 4.69) is 0 Å². The number of rotatable bonds is 0. The first-order valence-electron chi connectivity index (χ1n) is 37.0. The molecule has 0 amide bonds. The largest absolute Gasteiger partial charge is 0.487 e. The zero-order valence-electron chi connectivity index (χ0n) is 62.3. The van der Waals surface area contributed by atoms with Gasteiger partial charge < -0.3 is 142 Å². The summed E-state index contributed by atoms with van der Waals surface area (Å²) in [4.78, 5) is 0. The van der Waals surface area contributed by atoms with Gasteiger partial charge in [0.15, 0.2) is 46.0 Å². The first-order valence-corrected chi connectivity index (χ1v) is 37.0. The monoisotopic (exact) mass is 1510 g/mol. The predicted octanol–water partition coefficient (Wildman–Crippen LogP) is 6.20. The highest BCUT2D eigenvalue weighted by Crippen LogP contribution is 2.29. The summed E-state index contributed by atoms with van der Waals surface area (Å²) in [5, 5.41) is 0. The summed E-state index contributed by atoms with van der Waals surface area (Å²) in [6.07, 6.45) is 0. The van der Waals surface area contributed by atoms with E-state index in [-0.39, 0.29) is 0 Å². The van der Waals surface area contributed by atoms with Gasteiger partial charge in [0.2, 0.25) is 0 Å². The summed E-state index contributed by atoms with van der Waals surface area (Å²) in [5.74, 6) is 5.78. The van der Waals surface area contributed by atoms with Gasteiger partial charge in [-0.25, -0.2) is 0 Å². The third-order valence-electron chi connectivity index (χ3n) is 14.0. The molecular weight excluding hydrogens is 1390 g/mol. The van der Waals surface area contributed by atoms with Crippen molar-refractivity contribution >= 4 is 0 Å². The van der Waals surface area contributed by atoms with Crippen LogP contribution in [0.1, 0.15) is 0 Å². The summed E-state index contributed by atoms with van der Waals surface area (Å²) in [5.41, 5.74) is 0. The zero-order chi connectivity index (χ0) is 73.9. The van der Waals surface area contributed by atoms with E-state index in [9.17, 15) is 0 Å². The maximum absolute atomic E-state index is 5.74. The van der Waals surface area contributed by atoms with Crippen molar-refractivity contribution in [2.45, 2.75) is 0 Å². The van der Waals surface area contributed by atoms with Gasteiger partial charge in [-0.3, -0.25) is 0 Å². The number of para-hydroxylation sites is 8. The Kier molecular flexibility index (Phi) is 61.0. The Morgan fingerprint density at radius 2 is 0.160 bits per heavy atom. The quantitative estimate of drug-likeness (QED) is 0.190. The molecule has 4 aromatic carbocycles. The van der Waals surface area contributed by atoms with Crippen LogP contribution in [0.15, 0.2) is 97.1 Å². The van der Waals surface area contributed by atoms with Crippen LogP contribution in [0, 0.1) is 0 Å². The van der Waals surface area contributed by atoms with E-state index >= 15 is 0 Å². The van der Waals surface area contributed by atoms with E-state index in [0.29, 0.717) is 367 Å². The molecule has 6 aliphatic heterocycles. The minimum atomic E-state index is 0.441. The van der Waals surface area contributed by atoms with Crippen molar-refractivity contribution in [2.24, 2.45) is 0 Å². The Morgan fingerprint density at radius 3 is 0.236 bits per heavy atom. The highest BCUT2D eigenvalue weighted by Gasteiger charge is 2.11. The lowest BCUT2D eigenvalue weighted by Crippen LogP contribution is -2.16. The first kappa shape index (κ1) is 91.0. The van der Waals surface area contributed by atoms with E-state index < -0.39 is 0 Å². The van der Waals surface area contributed by atoms with E-state index in [4.69, 9.17) is 142 Å². The fourth-order valence-corrected chi connectivity index (χ4v) is 8.81. The Balaban J connectivity index is 0.000000232. The lowest BCUT2D eigenvalue weighted by atomic mass is 10.3. The van der Waals surface area contributed by atoms with Gasteiger partial charge in [-0.15, -0.1) is 0 Å². The predicted molar refractivity (Wildman–Crippen MR) is 388 cm³/mol. The molecule has 0 N–H and O–H groups in total. The van der Waals surface area contributed by atoms with Crippen molar-refractivity contribution < 1.29 is 142 Å². The lowest BCUT2D eigenvalue weighted by Gasteiger charge is -2.15. The summed E-state index contributed by atoms with van der Waals surface area (Å²) in [6, 6.07) is 30.4. The van der Waals surface area contributed by atoms with Crippen LogP contribution in [0.25, 0.3) is 0 Å². The molecular formula is C76H120O30. The smallest absolute Gasteiger partial charge is 0.161 e. The van der Waals surface area contributed by atoms with Crippen LogP contribution in [0.3, 0.4) is 0 Å². The standard InChI is InChI=1S/C20H24O6.C14H20O5.C12H24O6.C12H16O4.C10H20O5.C8H16O4/c1-2-6-18-17(5-1)23-13-9-21-11-15-25-19-7-3-4-8-20(19)26-16-12-22-10-14-24-18;1-2-4-14-13(3-1)18-11-9-16-7-5-15-6-8-17-10-12-19-14;1-2-14-5-6-16-9-10-18-12-11-17-8-7-15-4-3-13-1;1-2-4-12-11(3-1)15-9-7-13-5-6-14-8-10-16-12;1-2-12-5-6-14-9-10-15-8-7-13-4-3-11-1;1-2-10-5-6-12-8-7-11-4-3-9-1/h1-8H,9-16H2;1-4H,5-12H2;1-12H2;1-4H,5-10H2;1-10H2;1-8H2. The van der Waals surface area contributed by atoms with Gasteiger partial charge in [-0.1, -0.05) is 48.5 Å². The fraction of sp³-hybridized carbons (Fsp3) is 0.684. The first-order chi connectivity index (χ1) is 52.9. The van der Waals surface area contributed by atoms with E-state index in [0.717, 1.165) is 23.0 Å². The molecule has 0 spiro atoms. The van der Waals surface area contributed by atoms with Crippen LogP contribution in [-0.2, 0) is 104 Å². The zero-order valence-corrected chi connectivity index (χ0v) is 62.3. The molecule has 0 bridgehead atoms. The fourth-order valence-electron chi connectivity index (χ4n) is 8.81. The SMILES string of the molecule is C1COCCOCCOCCO1.C1COCCOCCOCCOCCO1.C1COCCOCCOCCOCCOCCO1.c1ccc2c(c1)OCCOCCOCCO2.c1ccc2c(c1)OCCOCCOCCOCCO2.c1ccc2c(c1)OCCOCCOc1ccccc1OCCOCCO2. The number of benzene rings is 4. The maximum atomic E-state index is 5.74. The molecule has 0 saturated carbocycles. The molecule has 6 heterocycles. The van der Waals surface area contributed by atoms with Crippen molar-refractivity contribution in [3.8, 4) is 46.0 Å². The summed E-state index contributed by atoms with van der Waals surface area (Å²) < 4.78 is 162. The molecule has 30 nitrogen and oxygen atoms in total. The summed E-state index contributed by atoms with van der Waals surface area (Å²) >= 11 is 0. The molecule has 0 aliphatic carbocycles. The summed E-state index contributed by atoms with van der Waals surface area (Å²) in [6.45, 7) is 29.7. The maximum Gasteiger partial charge on any atom is 0.161 e. The van der Waals surface area contributed by atoms with Gasteiger partial charge in [0.05, 0.1) is 291 Å². The van der Waals surface area contributed by atoms with Crippen LogP contribution < -0.4 is 37.9 Å².